The van der Waals surface area contributed by atoms with Gasteiger partial charge in [-0.05, 0) is 20.6 Å². The third kappa shape index (κ3) is 7.21. The zero-order chi connectivity index (χ0) is 10.1. The molecule has 0 amide bonds. The van der Waals surface area contributed by atoms with Crippen molar-refractivity contribution in [3.63, 3.8) is 0 Å². The first-order valence-corrected chi connectivity index (χ1v) is 4.14. The highest BCUT2D eigenvalue weighted by atomic mass is 16.5. The van der Waals surface area contributed by atoms with Crippen LogP contribution in [0.25, 0.3) is 0 Å². The van der Waals surface area contributed by atoms with Crippen LogP contribution in [0.4, 0.5) is 0 Å². The molecule has 0 aliphatic heterocycles. The number of hydrogen-bond acceptors (Lipinski definition) is 4. The first-order chi connectivity index (χ1) is 6.20. The average molecular weight is 184 g/mol. The highest BCUT2D eigenvalue weighted by Gasteiger charge is 1.96. The second kappa shape index (κ2) is 7.49. The smallest absolute Gasteiger partial charge is 0.155 e. The van der Waals surface area contributed by atoms with Crippen molar-refractivity contribution in [3.8, 4) is 0 Å². The molecule has 0 atom stereocenters. The van der Waals surface area contributed by atoms with Gasteiger partial charge in [0.25, 0.3) is 0 Å². The van der Waals surface area contributed by atoms with E-state index in [1.165, 1.54) is 12.4 Å². The summed E-state index contributed by atoms with van der Waals surface area (Å²) in [5.74, 6) is 0.554. The highest BCUT2D eigenvalue weighted by molar-refractivity contribution is 5.75. The lowest BCUT2D eigenvalue weighted by Gasteiger charge is -2.08. The first-order valence-electron chi connectivity index (χ1n) is 4.14. The van der Waals surface area contributed by atoms with Gasteiger partial charge in [-0.25, -0.2) is 0 Å². The van der Waals surface area contributed by atoms with Crippen molar-refractivity contribution in [3.05, 3.63) is 12.0 Å². The van der Waals surface area contributed by atoms with E-state index in [0.717, 1.165) is 0 Å². The molecule has 4 heteroatoms. The third-order valence-corrected chi connectivity index (χ3v) is 1.04. The molecule has 0 spiro atoms. The fourth-order valence-electron chi connectivity index (χ4n) is 0.669. The van der Waals surface area contributed by atoms with Crippen molar-refractivity contribution in [1.29, 1.82) is 0 Å². The molecular weight excluding hydrogens is 168 g/mol. The van der Waals surface area contributed by atoms with Crippen LogP contribution in [0.1, 0.15) is 13.8 Å². The molecule has 1 N–H and O–H groups in total. The monoisotopic (exact) mass is 184 g/mol. The van der Waals surface area contributed by atoms with Gasteiger partial charge < -0.3 is 9.84 Å². The molecule has 0 heterocycles. The van der Waals surface area contributed by atoms with Gasteiger partial charge in [-0.15, -0.1) is 0 Å². The van der Waals surface area contributed by atoms with E-state index in [1.54, 1.807) is 0 Å². The van der Waals surface area contributed by atoms with Crippen LogP contribution in [-0.2, 0) is 4.74 Å². The fourth-order valence-corrected chi connectivity index (χ4v) is 0.669. The number of aliphatic hydroxyl groups is 1. The summed E-state index contributed by atoms with van der Waals surface area (Å²) >= 11 is 0. The molecule has 0 saturated carbocycles. The summed E-state index contributed by atoms with van der Waals surface area (Å²) in [4.78, 5) is 7.48. The molecule has 0 rings (SSSR count). The van der Waals surface area contributed by atoms with Crippen LogP contribution in [-0.4, -0.2) is 37.3 Å². The van der Waals surface area contributed by atoms with Gasteiger partial charge in [0.1, 0.15) is 0 Å². The predicted octanol–water partition coefficient (Wildman–Crippen LogP) is 1.02. The van der Waals surface area contributed by atoms with Crippen LogP contribution in [0, 0.1) is 0 Å². The Labute approximate surface area is 78.7 Å². The van der Waals surface area contributed by atoms with Crippen molar-refractivity contribution in [1.82, 2.24) is 0 Å². The standard InChI is InChI=1S/C9H16N2O2/c1-8(2)13-9(6-10-3)7-11-4-5-12/h6-8,12H,3-5H2,1-2H3/b9-6+,11-7?. The lowest BCUT2D eigenvalue weighted by atomic mass is 10.4. The second-order valence-corrected chi connectivity index (χ2v) is 2.64. The molecule has 0 aromatic rings. The number of nitrogens with zero attached hydrogens (tertiary/aromatic N) is 2. The number of hydrogen-bond donors (Lipinski definition) is 1. The highest BCUT2D eigenvalue weighted by Crippen LogP contribution is 1.99. The van der Waals surface area contributed by atoms with Gasteiger partial charge in [0.15, 0.2) is 5.76 Å². The second-order valence-electron chi connectivity index (χ2n) is 2.64. The summed E-state index contributed by atoms with van der Waals surface area (Å²) in [5.41, 5.74) is 0. The number of aliphatic imine (C=N–C) groups is 2. The minimum absolute atomic E-state index is 0.0347. The number of aliphatic hydroxyl groups excluding tert-OH is 1. The van der Waals surface area contributed by atoms with Gasteiger partial charge in [-0.1, -0.05) is 0 Å². The molecule has 0 saturated heterocycles. The van der Waals surface area contributed by atoms with E-state index < -0.39 is 0 Å². The Balaban J connectivity index is 4.10. The van der Waals surface area contributed by atoms with E-state index in [0.29, 0.717) is 12.3 Å². The maximum Gasteiger partial charge on any atom is 0.155 e. The van der Waals surface area contributed by atoms with E-state index in [-0.39, 0.29) is 12.7 Å². The maximum atomic E-state index is 8.48. The molecule has 0 radical (unpaired) electrons. The van der Waals surface area contributed by atoms with E-state index in [1.807, 2.05) is 13.8 Å². The van der Waals surface area contributed by atoms with Crippen molar-refractivity contribution in [2.45, 2.75) is 20.0 Å². The van der Waals surface area contributed by atoms with Crippen molar-refractivity contribution >= 4 is 12.9 Å². The van der Waals surface area contributed by atoms with E-state index in [9.17, 15) is 0 Å². The van der Waals surface area contributed by atoms with E-state index in [2.05, 4.69) is 16.7 Å². The predicted molar refractivity (Wildman–Crippen MR) is 54.3 cm³/mol. The van der Waals surface area contributed by atoms with Crippen LogP contribution in [0.15, 0.2) is 21.9 Å². The van der Waals surface area contributed by atoms with Crippen molar-refractivity contribution < 1.29 is 9.84 Å². The van der Waals surface area contributed by atoms with Crippen molar-refractivity contribution in [2.75, 3.05) is 13.2 Å². The van der Waals surface area contributed by atoms with Crippen LogP contribution < -0.4 is 0 Å². The fraction of sp³-hybridized carbons (Fsp3) is 0.556. The molecule has 0 bridgehead atoms. The van der Waals surface area contributed by atoms with Crippen LogP contribution in [0.5, 0.6) is 0 Å². The van der Waals surface area contributed by atoms with Gasteiger partial charge in [-0.2, -0.15) is 0 Å². The average Bonchev–Trinajstić information content (AvgIpc) is 2.04. The largest absolute Gasteiger partial charge is 0.488 e. The molecule has 0 aromatic heterocycles. The molecule has 0 aliphatic carbocycles. The molecular formula is C9H16N2O2. The Bertz CT molecular complexity index is 198. The molecule has 0 aromatic carbocycles. The molecule has 13 heavy (non-hydrogen) atoms. The Morgan fingerprint density at radius 3 is 2.77 bits per heavy atom. The summed E-state index contributed by atoms with van der Waals surface area (Å²) in [7, 11) is 0. The Kier molecular flexibility index (Phi) is 6.82. The quantitative estimate of drug-likeness (QED) is 0.495. The van der Waals surface area contributed by atoms with Crippen LogP contribution in [0.2, 0.25) is 0 Å². The van der Waals surface area contributed by atoms with Gasteiger partial charge in [0, 0.05) is 0 Å². The Morgan fingerprint density at radius 2 is 2.31 bits per heavy atom. The molecule has 0 aliphatic rings. The molecule has 74 valence electrons. The summed E-state index contributed by atoms with van der Waals surface area (Å²) in [6.45, 7) is 7.55. The normalized spacial score (nSPS) is 12.5. The lowest BCUT2D eigenvalue weighted by Crippen LogP contribution is -2.03. The summed E-state index contributed by atoms with van der Waals surface area (Å²) in [6.07, 6.45) is 3.10. The van der Waals surface area contributed by atoms with E-state index >= 15 is 0 Å². The Hall–Kier alpha value is -1.16. The Morgan fingerprint density at radius 1 is 1.62 bits per heavy atom. The van der Waals surface area contributed by atoms with E-state index in [4.69, 9.17) is 9.84 Å². The third-order valence-electron chi connectivity index (χ3n) is 1.04. The van der Waals surface area contributed by atoms with Gasteiger partial charge in [-0.3, -0.25) is 9.98 Å². The van der Waals surface area contributed by atoms with Gasteiger partial charge >= 0.3 is 0 Å². The summed E-state index contributed by atoms with van der Waals surface area (Å²) < 4.78 is 5.33. The molecule has 0 fully saturated rings. The molecule has 4 nitrogen and oxygen atoms in total. The topological polar surface area (TPSA) is 54.2 Å². The van der Waals surface area contributed by atoms with Crippen LogP contribution >= 0.6 is 0 Å². The van der Waals surface area contributed by atoms with Gasteiger partial charge in [0.05, 0.1) is 31.7 Å². The number of ether oxygens (including phenoxy) is 1. The summed E-state index contributed by atoms with van der Waals surface area (Å²) in [6, 6.07) is 0. The minimum atomic E-state index is 0.0347. The first kappa shape index (κ1) is 11.8. The molecule has 0 unspecified atom stereocenters. The zero-order valence-corrected chi connectivity index (χ0v) is 8.10. The van der Waals surface area contributed by atoms with Gasteiger partial charge in [0.2, 0.25) is 0 Å². The number of rotatable bonds is 6. The lowest BCUT2D eigenvalue weighted by molar-refractivity contribution is 0.164. The number of allylic oxidation sites excluding steroid dienone is 1. The van der Waals surface area contributed by atoms with Crippen molar-refractivity contribution in [2.24, 2.45) is 9.98 Å². The van der Waals surface area contributed by atoms with Crippen LogP contribution in [0.3, 0.4) is 0 Å². The minimum Gasteiger partial charge on any atom is -0.488 e. The zero-order valence-electron chi connectivity index (χ0n) is 8.10. The SMILES string of the molecule is C=N/C=C(\C=NCCO)OC(C)C. The summed E-state index contributed by atoms with van der Waals surface area (Å²) in [5, 5.41) is 8.48. The maximum absolute atomic E-state index is 8.48.